The molecule has 0 radical (unpaired) electrons. The van der Waals surface area contributed by atoms with Crippen LogP contribution in [-0.4, -0.2) is 22.4 Å². The van der Waals surface area contributed by atoms with Crippen molar-refractivity contribution in [3.05, 3.63) is 89.2 Å². The third-order valence-corrected chi connectivity index (χ3v) is 4.98. The molecule has 0 saturated carbocycles. The first-order valence-corrected chi connectivity index (χ1v) is 9.61. The van der Waals surface area contributed by atoms with E-state index < -0.39 is 12.2 Å². The molecule has 0 unspecified atom stereocenters. The lowest BCUT2D eigenvalue weighted by Crippen LogP contribution is -1.98. The van der Waals surface area contributed by atoms with Gasteiger partial charge in [0.1, 0.15) is 11.5 Å². The van der Waals surface area contributed by atoms with Gasteiger partial charge >= 0.3 is 0 Å². The molecule has 3 N–H and O–H groups in total. The lowest BCUT2D eigenvalue weighted by molar-refractivity contribution is 0.178. The number of benzene rings is 3. The Hall–Kier alpha value is -3.04. The summed E-state index contributed by atoms with van der Waals surface area (Å²) < 4.78 is 5.13. The van der Waals surface area contributed by atoms with Gasteiger partial charge in [0.25, 0.3) is 0 Å². The zero-order valence-electron chi connectivity index (χ0n) is 16.7. The van der Waals surface area contributed by atoms with Crippen LogP contribution in [0.3, 0.4) is 0 Å². The summed E-state index contributed by atoms with van der Waals surface area (Å²) in [5.41, 5.74) is 5.66. The van der Waals surface area contributed by atoms with E-state index in [-0.39, 0.29) is 5.75 Å². The highest BCUT2D eigenvalue weighted by molar-refractivity contribution is 5.91. The lowest BCUT2D eigenvalue weighted by atomic mass is 9.98. The first-order valence-electron chi connectivity index (χ1n) is 9.61. The number of ether oxygens (including phenoxy) is 1. The molecule has 0 bridgehead atoms. The standard InChI is InChI=1S/C25H26O4/c1-17(16-25(28)18-10-12-19(29-2)13-11-18)6-5-9-23(26)22-14-15-24(27)21-8-4-3-7-20(21)22/h3-5,7-8,10-15,23,25-28H,9,16H2,1-2H3/t6?,23-,25-/m1/s1. The van der Waals surface area contributed by atoms with Crippen molar-refractivity contribution in [2.24, 2.45) is 0 Å². The van der Waals surface area contributed by atoms with Crippen LogP contribution in [0, 0.1) is 0 Å². The lowest BCUT2D eigenvalue weighted by Gasteiger charge is -2.13. The van der Waals surface area contributed by atoms with Crippen LogP contribution in [0.2, 0.25) is 0 Å². The fraction of sp³-hybridized carbons (Fsp3) is 0.240. The predicted molar refractivity (Wildman–Crippen MR) is 115 cm³/mol. The molecule has 3 rings (SSSR count). The highest BCUT2D eigenvalue weighted by Crippen LogP contribution is 2.32. The van der Waals surface area contributed by atoms with Gasteiger partial charge in [0.05, 0.1) is 19.3 Å². The summed E-state index contributed by atoms with van der Waals surface area (Å²) in [5.74, 6) is 0.958. The maximum Gasteiger partial charge on any atom is 0.123 e. The van der Waals surface area contributed by atoms with Crippen LogP contribution in [0.5, 0.6) is 11.5 Å². The van der Waals surface area contributed by atoms with E-state index in [0.717, 1.165) is 33.2 Å². The Morgan fingerprint density at radius 2 is 1.66 bits per heavy atom. The summed E-state index contributed by atoms with van der Waals surface area (Å²) >= 11 is 0. The predicted octanol–water partition coefficient (Wildman–Crippen LogP) is 5.20. The van der Waals surface area contributed by atoms with E-state index in [0.29, 0.717) is 12.8 Å². The number of hydrogen-bond acceptors (Lipinski definition) is 4. The Labute approximate surface area is 171 Å². The minimum atomic E-state index is -0.702. The van der Waals surface area contributed by atoms with Crippen molar-refractivity contribution < 1.29 is 20.1 Å². The molecule has 29 heavy (non-hydrogen) atoms. The van der Waals surface area contributed by atoms with E-state index >= 15 is 0 Å². The third kappa shape index (κ3) is 5.07. The number of methoxy groups -OCH3 is 1. The number of phenols is 1. The Kier molecular flexibility index (Phi) is 6.73. The number of aliphatic hydroxyl groups is 2. The van der Waals surface area contributed by atoms with Crippen LogP contribution in [-0.2, 0) is 0 Å². The maximum atomic E-state index is 10.6. The maximum absolute atomic E-state index is 10.6. The number of aromatic hydroxyl groups is 1. The normalized spacial score (nSPS) is 12.8. The number of aliphatic hydroxyl groups excluding tert-OH is 2. The molecule has 0 aliphatic heterocycles. The van der Waals surface area contributed by atoms with Crippen LogP contribution in [0.1, 0.15) is 43.1 Å². The molecule has 4 nitrogen and oxygen atoms in total. The van der Waals surface area contributed by atoms with Gasteiger partial charge in [-0.3, -0.25) is 0 Å². The van der Waals surface area contributed by atoms with Crippen LogP contribution in [0.15, 0.2) is 78.0 Å². The van der Waals surface area contributed by atoms with E-state index in [9.17, 15) is 15.3 Å². The Balaban J connectivity index is 1.67. The SMILES string of the molecule is COc1ccc([C@H](O)CC(C)=C=CC[C@@H](O)c2ccc(O)c3ccccc23)cc1. The molecule has 0 aromatic heterocycles. The molecule has 0 saturated heterocycles. The van der Waals surface area contributed by atoms with E-state index in [1.54, 1.807) is 25.3 Å². The van der Waals surface area contributed by atoms with Crippen LogP contribution >= 0.6 is 0 Å². The van der Waals surface area contributed by atoms with Gasteiger partial charge in [-0.05, 0) is 53.3 Å². The second-order valence-corrected chi connectivity index (χ2v) is 7.09. The molecule has 150 valence electrons. The average Bonchev–Trinajstić information content (AvgIpc) is 2.74. The summed E-state index contributed by atoms with van der Waals surface area (Å²) in [6, 6.07) is 18.2. The van der Waals surface area contributed by atoms with Crippen molar-refractivity contribution in [2.75, 3.05) is 7.11 Å². The minimum Gasteiger partial charge on any atom is -0.507 e. The quantitative estimate of drug-likeness (QED) is 0.485. The third-order valence-electron chi connectivity index (χ3n) is 4.98. The first-order chi connectivity index (χ1) is 14.0. The van der Waals surface area contributed by atoms with Gasteiger partial charge in [-0.2, -0.15) is 0 Å². The van der Waals surface area contributed by atoms with E-state index in [2.05, 4.69) is 5.73 Å². The molecule has 0 heterocycles. The van der Waals surface area contributed by atoms with Gasteiger partial charge in [0, 0.05) is 18.2 Å². The monoisotopic (exact) mass is 390 g/mol. The molecule has 3 aromatic carbocycles. The molecule has 3 aromatic rings. The van der Waals surface area contributed by atoms with Crippen LogP contribution < -0.4 is 4.74 Å². The van der Waals surface area contributed by atoms with Gasteiger partial charge < -0.3 is 20.1 Å². The Bertz CT molecular complexity index is 1030. The van der Waals surface area contributed by atoms with Crippen molar-refractivity contribution in [1.29, 1.82) is 0 Å². The molecular weight excluding hydrogens is 364 g/mol. The average molecular weight is 390 g/mol. The van der Waals surface area contributed by atoms with Crippen molar-refractivity contribution in [2.45, 2.75) is 32.0 Å². The van der Waals surface area contributed by atoms with Crippen molar-refractivity contribution >= 4 is 10.8 Å². The van der Waals surface area contributed by atoms with E-state index in [1.165, 1.54) is 0 Å². The smallest absolute Gasteiger partial charge is 0.123 e. The zero-order chi connectivity index (χ0) is 20.8. The molecule has 0 spiro atoms. The van der Waals surface area contributed by atoms with Gasteiger partial charge in [0.15, 0.2) is 0 Å². The molecule has 0 fully saturated rings. The van der Waals surface area contributed by atoms with Gasteiger partial charge in [0.2, 0.25) is 0 Å². The van der Waals surface area contributed by atoms with Crippen molar-refractivity contribution in [3.8, 4) is 11.5 Å². The molecule has 0 amide bonds. The fourth-order valence-electron chi connectivity index (χ4n) is 3.36. The Morgan fingerprint density at radius 3 is 2.34 bits per heavy atom. The minimum absolute atomic E-state index is 0.204. The van der Waals surface area contributed by atoms with Gasteiger partial charge in [-0.1, -0.05) is 42.5 Å². The van der Waals surface area contributed by atoms with Gasteiger partial charge in [-0.25, -0.2) is 0 Å². The molecule has 2 atom stereocenters. The highest BCUT2D eigenvalue weighted by atomic mass is 16.5. The molecule has 0 aliphatic rings. The van der Waals surface area contributed by atoms with E-state index in [1.807, 2.05) is 55.5 Å². The number of rotatable bonds is 7. The summed E-state index contributed by atoms with van der Waals surface area (Å²) in [6.45, 7) is 1.91. The van der Waals surface area contributed by atoms with Crippen LogP contribution in [0.25, 0.3) is 10.8 Å². The highest BCUT2D eigenvalue weighted by Gasteiger charge is 2.12. The molecular formula is C25H26O4. The van der Waals surface area contributed by atoms with Crippen molar-refractivity contribution in [3.63, 3.8) is 0 Å². The summed E-state index contributed by atoms with van der Waals surface area (Å²) in [4.78, 5) is 0. The Morgan fingerprint density at radius 1 is 0.966 bits per heavy atom. The van der Waals surface area contributed by atoms with Gasteiger partial charge in [-0.15, -0.1) is 5.73 Å². The molecule has 0 aliphatic carbocycles. The summed E-state index contributed by atoms with van der Waals surface area (Å²) in [6.07, 6.45) is 1.33. The topological polar surface area (TPSA) is 69.9 Å². The fourth-order valence-corrected chi connectivity index (χ4v) is 3.36. The van der Waals surface area contributed by atoms with E-state index in [4.69, 9.17) is 4.74 Å². The number of fused-ring (bicyclic) bond motifs is 1. The summed E-state index contributed by atoms with van der Waals surface area (Å²) in [7, 11) is 1.61. The number of hydrogen-bond donors (Lipinski definition) is 3. The zero-order valence-corrected chi connectivity index (χ0v) is 16.7. The van der Waals surface area contributed by atoms with Crippen molar-refractivity contribution in [1.82, 2.24) is 0 Å². The summed E-state index contributed by atoms with van der Waals surface area (Å²) in [5, 5.41) is 32.6. The van der Waals surface area contributed by atoms with Crippen LogP contribution in [0.4, 0.5) is 0 Å². The second-order valence-electron chi connectivity index (χ2n) is 7.09. The number of phenolic OH excluding ortho intramolecular Hbond substituents is 1. The molecule has 4 heteroatoms. The largest absolute Gasteiger partial charge is 0.507 e. The first kappa shape index (κ1) is 20.7. The second kappa shape index (κ2) is 9.44.